The van der Waals surface area contributed by atoms with Crippen LogP contribution in [0.15, 0.2) is 5.38 Å². The normalized spacial score (nSPS) is 16.5. The largest absolute Gasteiger partial charge is 0.354 e. The Hall–Kier alpha value is -1.47. The highest BCUT2D eigenvalue weighted by atomic mass is 32.1. The maximum atomic E-state index is 11.8. The van der Waals surface area contributed by atoms with Crippen LogP contribution in [0.2, 0.25) is 0 Å². The van der Waals surface area contributed by atoms with E-state index in [2.05, 4.69) is 15.6 Å². The van der Waals surface area contributed by atoms with Gasteiger partial charge < -0.3 is 10.6 Å². The summed E-state index contributed by atoms with van der Waals surface area (Å²) >= 11 is 1.42. The van der Waals surface area contributed by atoms with Crippen LogP contribution in [0.5, 0.6) is 0 Å². The number of hydrogen-bond acceptors (Lipinski definition) is 5. The van der Waals surface area contributed by atoms with Gasteiger partial charge in [0.05, 0.1) is 12.1 Å². The summed E-state index contributed by atoms with van der Waals surface area (Å²) in [7, 11) is 1.86. The van der Waals surface area contributed by atoms with Crippen molar-refractivity contribution in [3.63, 3.8) is 0 Å². The van der Waals surface area contributed by atoms with Crippen molar-refractivity contribution in [3.8, 4) is 0 Å². The van der Waals surface area contributed by atoms with Gasteiger partial charge in [-0.05, 0) is 20.4 Å². The summed E-state index contributed by atoms with van der Waals surface area (Å²) in [6.07, 6.45) is 1.74. The molecule has 110 valence electrons. The minimum absolute atomic E-state index is 0.0447. The van der Waals surface area contributed by atoms with Crippen LogP contribution >= 0.6 is 11.3 Å². The zero-order valence-corrected chi connectivity index (χ0v) is 12.6. The van der Waals surface area contributed by atoms with Gasteiger partial charge in [0.15, 0.2) is 5.13 Å². The highest BCUT2D eigenvalue weighted by Gasteiger charge is 2.24. The molecular formula is C13H20N4O2S. The van der Waals surface area contributed by atoms with Crippen molar-refractivity contribution >= 4 is 28.3 Å². The number of aromatic nitrogens is 1. The fourth-order valence-electron chi connectivity index (χ4n) is 1.95. The zero-order chi connectivity index (χ0) is 14.5. The average Bonchev–Trinajstić information content (AvgIpc) is 3.04. The van der Waals surface area contributed by atoms with Gasteiger partial charge in [0.1, 0.15) is 0 Å². The molecule has 1 aliphatic rings. The van der Waals surface area contributed by atoms with Crippen molar-refractivity contribution in [2.75, 3.05) is 25.0 Å². The van der Waals surface area contributed by atoms with Gasteiger partial charge in [-0.2, -0.15) is 0 Å². The van der Waals surface area contributed by atoms with Crippen LogP contribution < -0.4 is 15.5 Å². The number of amides is 2. The van der Waals surface area contributed by atoms with Crippen LogP contribution in [-0.2, 0) is 16.0 Å². The molecule has 1 atom stereocenters. The van der Waals surface area contributed by atoms with Crippen molar-refractivity contribution in [3.05, 3.63) is 11.1 Å². The molecule has 1 aliphatic heterocycles. The standard InChI is InChI=1S/C13H20N4O2S/c1-9(14-2)7-15-11(18)6-10-8-20-13(16-10)17-5-3-4-12(17)19/h8-9,14H,3-7H2,1-2H3,(H,15,18). The number of anilines is 1. The van der Waals surface area contributed by atoms with Crippen LogP contribution in [0.4, 0.5) is 5.13 Å². The molecule has 1 aromatic heterocycles. The van der Waals surface area contributed by atoms with Crippen molar-refractivity contribution in [1.29, 1.82) is 0 Å². The van der Waals surface area contributed by atoms with Gasteiger partial charge in [0.25, 0.3) is 0 Å². The first-order valence-electron chi connectivity index (χ1n) is 6.79. The monoisotopic (exact) mass is 296 g/mol. The Morgan fingerprint density at radius 1 is 1.60 bits per heavy atom. The predicted octanol–water partition coefficient (Wildman–Crippen LogP) is 0.537. The maximum Gasteiger partial charge on any atom is 0.228 e. The number of nitrogens with zero attached hydrogens (tertiary/aromatic N) is 2. The van der Waals surface area contributed by atoms with E-state index in [1.807, 2.05) is 19.4 Å². The number of thiazole rings is 1. The number of nitrogens with one attached hydrogen (secondary N) is 2. The number of rotatable bonds is 6. The number of carbonyl (C=O) groups excluding carboxylic acids is 2. The Morgan fingerprint density at radius 2 is 2.40 bits per heavy atom. The Bertz CT molecular complexity index is 488. The van der Waals surface area contributed by atoms with E-state index in [9.17, 15) is 9.59 Å². The maximum absolute atomic E-state index is 11.8. The van der Waals surface area contributed by atoms with Crippen LogP contribution in [0, 0.1) is 0 Å². The molecule has 20 heavy (non-hydrogen) atoms. The molecule has 1 fully saturated rings. The highest BCUT2D eigenvalue weighted by Crippen LogP contribution is 2.25. The molecule has 7 heteroatoms. The summed E-state index contributed by atoms with van der Waals surface area (Å²) < 4.78 is 0. The SMILES string of the molecule is CNC(C)CNC(=O)Cc1csc(N2CCCC2=O)n1. The second-order valence-corrected chi connectivity index (χ2v) is 5.78. The van der Waals surface area contributed by atoms with E-state index in [-0.39, 0.29) is 24.3 Å². The summed E-state index contributed by atoms with van der Waals surface area (Å²) in [4.78, 5) is 29.5. The second kappa shape index (κ2) is 6.81. The van der Waals surface area contributed by atoms with Crippen LogP contribution in [0.1, 0.15) is 25.5 Å². The van der Waals surface area contributed by atoms with Gasteiger partial charge >= 0.3 is 0 Å². The summed E-state index contributed by atoms with van der Waals surface area (Å²) in [6.45, 7) is 3.33. The first-order chi connectivity index (χ1) is 9.60. The summed E-state index contributed by atoms with van der Waals surface area (Å²) in [6, 6.07) is 0.243. The third-order valence-corrected chi connectivity index (χ3v) is 4.20. The molecule has 2 rings (SSSR count). The van der Waals surface area contributed by atoms with E-state index in [1.165, 1.54) is 11.3 Å². The Balaban J connectivity index is 1.86. The lowest BCUT2D eigenvalue weighted by molar-refractivity contribution is -0.120. The first kappa shape index (κ1) is 14.9. The fourth-order valence-corrected chi connectivity index (χ4v) is 2.82. The molecule has 0 aromatic carbocycles. The second-order valence-electron chi connectivity index (χ2n) is 4.94. The van der Waals surface area contributed by atoms with Gasteiger partial charge in [-0.3, -0.25) is 14.5 Å². The van der Waals surface area contributed by atoms with Gasteiger partial charge in [-0.1, -0.05) is 0 Å². The van der Waals surface area contributed by atoms with Gasteiger partial charge in [-0.15, -0.1) is 11.3 Å². The quantitative estimate of drug-likeness (QED) is 0.803. The zero-order valence-electron chi connectivity index (χ0n) is 11.8. The van der Waals surface area contributed by atoms with E-state index in [0.717, 1.165) is 18.7 Å². The minimum atomic E-state index is -0.0447. The van der Waals surface area contributed by atoms with Crippen molar-refractivity contribution < 1.29 is 9.59 Å². The summed E-state index contributed by atoms with van der Waals surface area (Å²) in [5.41, 5.74) is 0.722. The molecule has 2 N–H and O–H groups in total. The first-order valence-corrected chi connectivity index (χ1v) is 7.67. The van der Waals surface area contributed by atoms with Crippen LogP contribution in [0.25, 0.3) is 0 Å². The molecule has 0 radical (unpaired) electrons. The molecule has 2 amide bonds. The third-order valence-electron chi connectivity index (χ3n) is 3.28. The van der Waals surface area contributed by atoms with E-state index in [4.69, 9.17) is 0 Å². The van der Waals surface area contributed by atoms with Gasteiger partial charge in [0.2, 0.25) is 11.8 Å². The third kappa shape index (κ3) is 3.77. The summed E-state index contributed by atoms with van der Waals surface area (Å²) in [5.74, 6) is 0.0786. The number of hydrogen-bond donors (Lipinski definition) is 2. The molecule has 2 heterocycles. The summed E-state index contributed by atoms with van der Waals surface area (Å²) in [5, 5.41) is 8.47. The van der Waals surface area contributed by atoms with Gasteiger partial charge in [0, 0.05) is 30.9 Å². The fraction of sp³-hybridized carbons (Fsp3) is 0.615. The lowest BCUT2D eigenvalue weighted by atomic mass is 10.3. The van der Waals surface area contributed by atoms with E-state index < -0.39 is 0 Å². The number of carbonyl (C=O) groups is 2. The molecular weight excluding hydrogens is 276 g/mol. The number of likely N-dealkylation sites (N-methyl/N-ethyl adjacent to an activating group) is 1. The lowest BCUT2D eigenvalue weighted by Gasteiger charge is -2.11. The van der Waals surface area contributed by atoms with E-state index >= 15 is 0 Å². The Labute approximate surface area is 122 Å². The molecule has 0 spiro atoms. The van der Waals surface area contributed by atoms with Crippen molar-refractivity contribution in [1.82, 2.24) is 15.6 Å². The van der Waals surface area contributed by atoms with E-state index in [1.54, 1.807) is 4.90 Å². The van der Waals surface area contributed by atoms with Gasteiger partial charge in [-0.25, -0.2) is 4.98 Å². The molecule has 6 nitrogen and oxygen atoms in total. The van der Waals surface area contributed by atoms with Crippen molar-refractivity contribution in [2.45, 2.75) is 32.2 Å². The lowest BCUT2D eigenvalue weighted by Crippen LogP contribution is -2.37. The van der Waals surface area contributed by atoms with E-state index in [0.29, 0.717) is 18.1 Å². The van der Waals surface area contributed by atoms with Crippen molar-refractivity contribution in [2.24, 2.45) is 0 Å². The molecule has 1 unspecified atom stereocenters. The molecule has 1 saturated heterocycles. The molecule has 1 aromatic rings. The average molecular weight is 296 g/mol. The molecule has 0 saturated carbocycles. The smallest absolute Gasteiger partial charge is 0.228 e. The Kier molecular flexibility index (Phi) is 5.08. The van der Waals surface area contributed by atoms with Crippen LogP contribution in [0.3, 0.4) is 0 Å². The Morgan fingerprint density at radius 3 is 3.05 bits per heavy atom. The molecule has 0 bridgehead atoms. The van der Waals surface area contributed by atoms with Crippen LogP contribution in [-0.4, -0.2) is 43.0 Å². The molecule has 0 aliphatic carbocycles. The predicted molar refractivity (Wildman–Crippen MR) is 78.9 cm³/mol. The highest BCUT2D eigenvalue weighted by molar-refractivity contribution is 7.14. The topological polar surface area (TPSA) is 74.3 Å². The minimum Gasteiger partial charge on any atom is -0.354 e.